The first-order valence-corrected chi connectivity index (χ1v) is 7.88. The van der Waals surface area contributed by atoms with Gasteiger partial charge in [0.15, 0.2) is 0 Å². The molecule has 1 heterocycles. The van der Waals surface area contributed by atoms with Crippen molar-refractivity contribution in [2.75, 3.05) is 24.3 Å². The van der Waals surface area contributed by atoms with Crippen LogP contribution in [-0.4, -0.2) is 29.8 Å². The zero-order valence-corrected chi connectivity index (χ0v) is 14.8. The third-order valence-corrected chi connectivity index (χ3v) is 3.92. The lowest BCUT2D eigenvalue weighted by molar-refractivity contribution is -0.116. The summed E-state index contributed by atoms with van der Waals surface area (Å²) in [6.45, 7) is 8.05. The molecule has 23 heavy (non-hydrogen) atoms. The number of nitrogens with zero attached hydrogens (tertiary/aromatic N) is 3. The predicted molar refractivity (Wildman–Crippen MR) is 95.2 cm³/mol. The number of anilines is 2. The molecule has 1 aromatic carbocycles. The number of aromatic nitrogens is 2. The van der Waals surface area contributed by atoms with E-state index in [1.165, 1.54) is 5.56 Å². The molecule has 0 unspecified atom stereocenters. The van der Waals surface area contributed by atoms with Crippen LogP contribution in [0.4, 0.5) is 11.4 Å². The van der Waals surface area contributed by atoms with Gasteiger partial charge in [-0.15, -0.1) is 0 Å². The molecule has 2 rings (SSSR count). The Morgan fingerprint density at radius 3 is 2.52 bits per heavy atom. The maximum absolute atomic E-state index is 12.3. The van der Waals surface area contributed by atoms with Crippen LogP contribution < -0.4 is 10.2 Å². The van der Waals surface area contributed by atoms with Crippen molar-refractivity contribution >= 4 is 17.3 Å². The van der Waals surface area contributed by atoms with Crippen molar-refractivity contribution in [3.8, 4) is 0 Å². The highest BCUT2D eigenvalue weighted by Gasteiger charge is 2.14. The van der Waals surface area contributed by atoms with Crippen LogP contribution in [0.15, 0.2) is 24.3 Å². The standard InChI is InChI=1S/C18H26N4O/c1-12-7-8-16(11-17(12)21(5)6)19-18(23)10-15(4)22-14(3)9-13(2)20-22/h7-9,11,15H,10H2,1-6H3,(H,19,23)/t15-/m0/s1. The minimum Gasteiger partial charge on any atom is -0.377 e. The van der Waals surface area contributed by atoms with E-state index >= 15 is 0 Å². The van der Waals surface area contributed by atoms with Crippen LogP contribution in [-0.2, 0) is 4.79 Å². The summed E-state index contributed by atoms with van der Waals surface area (Å²) in [5.41, 5.74) is 5.17. The summed E-state index contributed by atoms with van der Waals surface area (Å²) in [6.07, 6.45) is 0.396. The van der Waals surface area contributed by atoms with Crippen LogP contribution >= 0.6 is 0 Å². The lowest BCUT2D eigenvalue weighted by atomic mass is 10.1. The Morgan fingerprint density at radius 2 is 1.96 bits per heavy atom. The van der Waals surface area contributed by atoms with Gasteiger partial charge in [0.1, 0.15) is 0 Å². The number of carbonyl (C=O) groups excluding carboxylic acids is 1. The van der Waals surface area contributed by atoms with E-state index in [9.17, 15) is 4.79 Å². The third-order valence-electron chi connectivity index (χ3n) is 3.92. The summed E-state index contributed by atoms with van der Waals surface area (Å²) >= 11 is 0. The maximum Gasteiger partial charge on any atom is 0.226 e. The van der Waals surface area contributed by atoms with Crippen molar-refractivity contribution in [1.29, 1.82) is 0 Å². The van der Waals surface area contributed by atoms with Crippen LogP contribution in [0, 0.1) is 20.8 Å². The molecule has 1 aromatic heterocycles. The number of rotatable bonds is 5. The topological polar surface area (TPSA) is 50.2 Å². The van der Waals surface area contributed by atoms with Gasteiger partial charge in [0.2, 0.25) is 5.91 Å². The molecule has 1 amide bonds. The van der Waals surface area contributed by atoms with Gasteiger partial charge in [0, 0.05) is 37.6 Å². The Hall–Kier alpha value is -2.30. The third kappa shape index (κ3) is 4.12. The Balaban J connectivity index is 2.05. The van der Waals surface area contributed by atoms with Gasteiger partial charge < -0.3 is 10.2 Å². The first kappa shape index (κ1) is 17.1. The lowest BCUT2D eigenvalue weighted by Gasteiger charge is -2.18. The summed E-state index contributed by atoms with van der Waals surface area (Å²) in [7, 11) is 4.00. The maximum atomic E-state index is 12.3. The monoisotopic (exact) mass is 314 g/mol. The van der Waals surface area contributed by atoms with E-state index in [4.69, 9.17) is 0 Å². The van der Waals surface area contributed by atoms with E-state index in [1.54, 1.807) is 0 Å². The molecule has 0 spiro atoms. The zero-order valence-electron chi connectivity index (χ0n) is 14.8. The van der Waals surface area contributed by atoms with Gasteiger partial charge in [0.05, 0.1) is 11.7 Å². The molecule has 1 atom stereocenters. The fourth-order valence-corrected chi connectivity index (χ4v) is 2.83. The average molecular weight is 314 g/mol. The molecular formula is C18H26N4O. The second kappa shape index (κ2) is 6.86. The number of hydrogen-bond donors (Lipinski definition) is 1. The Labute approximate surface area is 138 Å². The molecule has 0 saturated carbocycles. The Bertz CT molecular complexity index is 703. The molecule has 0 fully saturated rings. The molecule has 0 aliphatic carbocycles. The second-order valence-corrected chi connectivity index (χ2v) is 6.37. The van der Waals surface area contributed by atoms with E-state index < -0.39 is 0 Å². The summed E-state index contributed by atoms with van der Waals surface area (Å²) in [5.74, 6) is -0.00128. The van der Waals surface area contributed by atoms with E-state index in [0.29, 0.717) is 6.42 Å². The van der Waals surface area contributed by atoms with E-state index in [2.05, 4.69) is 17.3 Å². The van der Waals surface area contributed by atoms with Crippen molar-refractivity contribution in [3.63, 3.8) is 0 Å². The van der Waals surface area contributed by atoms with E-state index in [1.807, 2.05) is 68.7 Å². The molecule has 5 nitrogen and oxygen atoms in total. The normalized spacial score (nSPS) is 12.1. The summed E-state index contributed by atoms with van der Waals surface area (Å²) in [4.78, 5) is 14.4. The first-order chi connectivity index (χ1) is 10.8. The van der Waals surface area contributed by atoms with Gasteiger partial charge in [0.25, 0.3) is 0 Å². The summed E-state index contributed by atoms with van der Waals surface area (Å²) in [5, 5.41) is 7.43. The van der Waals surface area contributed by atoms with Gasteiger partial charge >= 0.3 is 0 Å². The Kier molecular flexibility index (Phi) is 5.08. The van der Waals surface area contributed by atoms with Crippen molar-refractivity contribution < 1.29 is 4.79 Å². The smallest absolute Gasteiger partial charge is 0.226 e. The highest BCUT2D eigenvalue weighted by Crippen LogP contribution is 2.23. The quantitative estimate of drug-likeness (QED) is 0.919. The number of amides is 1. The van der Waals surface area contributed by atoms with Crippen LogP contribution in [0.25, 0.3) is 0 Å². The van der Waals surface area contributed by atoms with E-state index in [-0.39, 0.29) is 11.9 Å². The SMILES string of the molecule is Cc1cc(C)n([C@@H](C)CC(=O)Nc2ccc(C)c(N(C)C)c2)n1. The molecule has 0 aliphatic heterocycles. The number of benzene rings is 1. The molecule has 0 bridgehead atoms. The number of hydrogen-bond acceptors (Lipinski definition) is 3. The molecule has 2 aromatic rings. The van der Waals surface area contributed by atoms with Gasteiger partial charge in [-0.2, -0.15) is 5.10 Å². The molecule has 1 N–H and O–H groups in total. The average Bonchev–Trinajstić information content (AvgIpc) is 2.79. The minimum atomic E-state index is -0.00128. The fraction of sp³-hybridized carbons (Fsp3) is 0.444. The highest BCUT2D eigenvalue weighted by atomic mass is 16.1. The molecule has 0 aliphatic rings. The number of nitrogens with one attached hydrogen (secondary N) is 1. The number of carbonyl (C=O) groups is 1. The van der Waals surface area contributed by atoms with Crippen molar-refractivity contribution in [2.24, 2.45) is 0 Å². The van der Waals surface area contributed by atoms with Gasteiger partial charge in [-0.1, -0.05) is 6.07 Å². The van der Waals surface area contributed by atoms with Crippen molar-refractivity contribution in [1.82, 2.24) is 9.78 Å². The largest absolute Gasteiger partial charge is 0.377 e. The van der Waals surface area contributed by atoms with E-state index in [0.717, 1.165) is 22.8 Å². The highest BCUT2D eigenvalue weighted by molar-refractivity contribution is 5.91. The summed E-state index contributed by atoms with van der Waals surface area (Å²) in [6, 6.07) is 8.02. The molecular weight excluding hydrogens is 288 g/mol. The lowest BCUT2D eigenvalue weighted by Crippen LogP contribution is -2.19. The predicted octanol–water partition coefficient (Wildman–Crippen LogP) is 3.46. The van der Waals surface area contributed by atoms with Crippen LogP contribution in [0.3, 0.4) is 0 Å². The van der Waals surface area contributed by atoms with Crippen molar-refractivity contribution in [3.05, 3.63) is 41.2 Å². The summed E-state index contributed by atoms with van der Waals surface area (Å²) < 4.78 is 1.91. The second-order valence-electron chi connectivity index (χ2n) is 6.37. The van der Waals surface area contributed by atoms with Gasteiger partial charge in [-0.3, -0.25) is 9.48 Å². The fourth-order valence-electron chi connectivity index (χ4n) is 2.83. The van der Waals surface area contributed by atoms with Crippen LogP contribution in [0.1, 0.15) is 36.3 Å². The molecule has 124 valence electrons. The van der Waals surface area contributed by atoms with Crippen LogP contribution in [0.5, 0.6) is 0 Å². The van der Waals surface area contributed by atoms with Crippen LogP contribution in [0.2, 0.25) is 0 Å². The number of aryl methyl sites for hydroxylation is 3. The Morgan fingerprint density at radius 1 is 1.26 bits per heavy atom. The van der Waals surface area contributed by atoms with Crippen molar-refractivity contribution in [2.45, 2.75) is 40.2 Å². The molecule has 0 radical (unpaired) electrons. The minimum absolute atomic E-state index is 0.00128. The molecule has 5 heteroatoms. The first-order valence-electron chi connectivity index (χ1n) is 7.88. The van der Waals surface area contributed by atoms with Gasteiger partial charge in [-0.05, 0) is 51.5 Å². The van der Waals surface area contributed by atoms with Gasteiger partial charge in [-0.25, -0.2) is 0 Å². The molecule has 0 saturated heterocycles. The zero-order chi connectivity index (χ0) is 17.1.